The SMILES string of the molecule is CCCCNC(=O)C(C)CC(O)C(N)CC(CN)C(C)C. The predicted molar refractivity (Wildman–Crippen MR) is 87.7 cm³/mol. The highest BCUT2D eigenvalue weighted by atomic mass is 16.3. The molecule has 5 nitrogen and oxygen atoms in total. The molecular weight excluding hydrogens is 266 g/mol. The molecule has 0 radical (unpaired) electrons. The van der Waals surface area contributed by atoms with E-state index in [-0.39, 0.29) is 17.9 Å². The fraction of sp³-hybridized carbons (Fsp3) is 0.938. The summed E-state index contributed by atoms with van der Waals surface area (Å²) >= 11 is 0. The highest BCUT2D eigenvalue weighted by Gasteiger charge is 2.24. The minimum Gasteiger partial charge on any atom is -0.391 e. The Labute approximate surface area is 129 Å². The van der Waals surface area contributed by atoms with Crippen LogP contribution in [0, 0.1) is 17.8 Å². The summed E-state index contributed by atoms with van der Waals surface area (Å²) in [5.74, 6) is 0.526. The fourth-order valence-electron chi connectivity index (χ4n) is 2.35. The summed E-state index contributed by atoms with van der Waals surface area (Å²) in [5.41, 5.74) is 11.8. The molecule has 126 valence electrons. The van der Waals surface area contributed by atoms with Crippen molar-refractivity contribution in [1.29, 1.82) is 0 Å². The quantitative estimate of drug-likeness (QED) is 0.431. The van der Waals surface area contributed by atoms with Gasteiger partial charge in [0.1, 0.15) is 0 Å². The van der Waals surface area contributed by atoms with Crippen molar-refractivity contribution in [1.82, 2.24) is 5.32 Å². The van der Waals surface area contributed by atoms with Crippen LogP contribution in [-0.4, -0.2) is 36.2 Å². The number of aliphatic hydroxyl groups is 1. The molecule has 0 heterocycles. The molecule has 0 fully saturated rings. The summed E-state index contributed by atoms with van der Waals surface area (Å²) in [4.78, 5) is 11.9. The number of hydrogen-bond acceptors (Lipinski definition) is 4. The van der Waals surface area contributed by atoms with E-state index in [1.54, 1.807) is 0 Å². The molecule has 0 aromatic rings. The Kier molecular flexibility index (Phi) is 10.6. The third-order valence-corrected chi connectivity index (χ3v) is 4.19. The number of amides is 1. The van der Waals surface area contributed by atoms with Gasteiger partial charge in [-0.2, -0.15) is 0 Å². The minimum absolute atomic E-state index is 0.00562. The maximum Gasteiger partial charge on any atom is 0.222 e. The third-order valence-electron chi connectivity index (χ3n) is 4.19. The first-order chi connectivity index (χ1) is 9.83. The zero-order valence-electron chi connectivity index (χ0n) is 14.1. The van der Waals surface area contributed by atoms with Crippen LogP contribution in [0.15, 0.2) is 0 Å². The van der Waals surface area contributed by atoms with Crippen molar-refractivity contribution in [2.24, 2.45) is 29.2 Å². The lowest BCUT2D eigenvalue weighted by molar-refractivity contribution is -0.125. The predicted octanol–water partition coefficient (Wildman–Crippen LogP) is 1.24. The van der Waals surface area contributed by atoms with Gasteiger partial charge in [-0.25, -0.2) is 0 Å². The van der Waals surface area contributed by atoms with Crippen molar-refractivity contribution >= 4 is 5.91 Å². The van der Waals surface area contributed by atoms with E-state index in [1.165, 1.54) is 0 Å². The van der Waals surface area contributed by atoms with Crippen LogP contribution in [0.25, 0.3) is 0 Å². The second-order valence-corrected chi connectivity index (χ2v) is 6.49. The molecule has 1 amide bonds. The van der Waals surface area contributed by atoms with E-state index in [0.717, 1.165) is 12.8 Å². The van der Waals surface area contributed by atoms with Crippen molar-refractivity contribution in [2.45, 2.75) is 65.5 Å². The summed E-state index contributed by atoms with van der Waals surface area (Å²) in [5, 5.41) is 13.1. The summed E-state index contributed by atoms with van der Waals surface area (Å²) in [7, 11) is 0. The molecule has 6 N–H and O–H groups in total. The number of aliphatic hydroxyl groups excluding tert-OH is 1. The lowest BCUT2D eigenvalue weighted by atomic mass is 9.86. The molecule has 0 aliphatic rings. The van der Waals surface area contributed by atoms with E-state index in [4.69, 9.17) is 11.5 Å². The molecule has 4 atom stereocenters. The van der Waals surface area contributed by atoms with E-state index in [1.807, 2.05) is 6.92 Å². The maximum atomic E-state index is 11.9. The van der Waals surface area contributed by atoms with Crippen molar-refractivity contribution in [3.05, 3.63) is 0 Å². The van der Waals surface area contributed by atoms with Crippen LogP contribution in [0.1, 0.15) is 53.4 Å². The van der Waals surface area contributed by atoms with Gasteiger partial charge >= 0.3 is 0 Å². The minimum atomic E-state index is -0.662. The molecule has 0 saturated heterocycles. The molecule has 0 spiro atoms. The number of unbranched alkanes of at least 4 members (excludes halogenated alkanes) is 1. The highest BCUT2D eigenvalue weighted by molar-refractivity contribution is 5.78. The Morgan fingerprint density at radius 1 is 1.24 bits per heavy atom. The number of rotatable bonds is 11. The second kappa shape index (κ2) is 11.0. The normalized spacial score (nSPS) is 17.3. The Balaban J connectivity index is 4.20. The Hall–Kier alpha value is -0.650. The summed E-state index contributed by atoms with van der Waals surface area (Å²) < 4.78 is 0. The van der Waals surface area contributed by atoms with E-state index >= 15 is 0 Å². The monoisotopic (exact) mass is 301 g/mol. The Bertz CT molecular complexity index is 285. The maximum absolute atomic E-state index is 11.9. The lowest BCUT2D eigenvalue weighted by Crippen LogP contribution is -2.41. The van der Waals surface area contributed by atoms with Gasteiger partial charge in [0.2, 0.25) is 5.91 Å². The fourth-order valence-corrected chi connectivity index (χ4v) is 2.35. The third kappa shape index (κ3) is 8.39. The Morgan fingerprint density at radius 3 is 2.33 bits per heavy atom. The van der Waals surface area contributed by atoms with Gasteiger partial charge in [0.15, 0.2) is 0 Å². The number of hydrogen-bond donors (Lipinski definition) is 4. The largest absolute Gasteiger partial charge is 0.391 e. The lowest BCUT2D eigenvalue weighted by Gasteiger charge is -2.27. The van der Waals surface area contributed by atoms with Gasteiger partial charge in [0, 0.05) is 18.5 Å². The van der Waals surface area contributed by atoms with Gasteiger partial charge in [-0.3, -0.25) is 4.79 Å². The van der Waals surface area contributed by atoms with Crippen molar-refractivity contribution in [2.75, 3.05) is 13.1 Å². The van der Waals surface area contributed by atoms with Crippen LogP contribution in [0.2, 0.25) is 0 Å². The second-order valence-electron chi connectivity index (χ2n) is 6.49. The standard InChI is InChI=1S/C16H35N3O2/c1-5-6-7-19-16(21)12(4)8-15(20)14(18)9-13(10-17)11(2)3/h11-15,20H,5-10,17-18H2,1-4H3,(H,19,21). The van der Waals surface area contributed by atoms with E-state index in [0.29, 0.717) is 37.8 Å². The summed E-state index contributed by atoms with van der Waals surface area (Å²) in [6, 6.07) is -0.327. The molecule has 0 saturated carbocycles. The van der Waals surface area contributed by atoms with Gasteiger partial charge in [0.25, 0.3) is 0 Å². The smallest absolute Gasteiger partial charge is 0.222 e. The molecule has 21 heavy (non-hydrogen) atoms. The molecule has 0 aromatic carbocycles. The highest BCUT2D eigenvalue weighted by Crippen LogP contribution is 2.19. The van der Waals surface area contributed by atoms with Crippen molar-refractivity contribution in [3.63, 3.8) is 0 Å². The number of nitrogens with one attached hydrogen (secondary N) is 1. The van der Waals surface area contributed by atoms with Gasteiger partial charge in [0.05, 0.1) is 6.10 Å². The number of carbonyl (C=O) groups excluding carboxylic acids is 1. The van der Waals surface area contributed by atoms with E-state index in [9.17, 15) is 9.90 Å². The zero-order chi connectivity index (χ0) is 16.4. The first-order valence-corrected chi connectivity index (χ1v) is 8.24. The van der Waals surface area contributed by atoms with E-state index in [2.05, 4.69) is 26.1 Å². The van der Waals surface area contributed by atoms with Gasteiger partial charge < -0.3 is 21.9 Å². The average Bonchev–Trinajstić information content (AvgIpc) is 2.43. The van der Waals surface area contributed by atoms with Crippen molar-refractivity contribution in [3.8, 4) is 0 Å². The molecule has 4 unspecified atom stereocenters. The van der Waals surface area contributed by atoms with Crippen LogP contribution < -0.4 is 16.8 Å². The first-order valence-electron chi connectivity index (χ1n) is 8.24. The van der Waals surface area contributed by atoms with E-state index < -0.39 is 6.10 Å². The first kappa shape index (κ1) is 20.3. The average molecular weight is 301 g/mol. The van der Waals surface area contributed by atoms with Crippen LogP contribution in [0.5, 0.6) is 0 Å². The molecule has 0 rings (SSSR count). The van der Waals surface area contributed by atoms with Crippen molar-refractivity contribution < 1.29 is 9.90 Å². The summed E-state index contributed by atoms with van der Waals surface area (Å²) in [6.45, 7) is 9.41. The van der Waals surface area contributed by atoms with Gasteiger partial charge in [-0.05, 0) is 37.6 Å². The Morgan fingerprint density at radius 2 is 1.86 bits per heavy atom. The number of nitrogens with two attached hydrogens (primary N) is 2. The van der Waals surface area contributed by atoms with Gasteiger partial charge in [-0.1, -0.05) is 34.1 Å². The molecule has 0 bridgehead atoms. The molecule has 0 aliphatic heterocycles. The summed E-state index contributed by atoms with van der Waals surface area (Å²) in [6.07, 6.45) is 2.46. The van der Waals surface area contributed by atoms with Crippen LogP contribution in [0.3, 0.4) is 0 Å². The number of carbonyl (C=O) groups is 1. The van der Waals surface area contributed by atoms with Gasteiger partial charge in [-0.15, -0.1) is 0 Å². The molecule has 5 heteroatoms. The zero-order valence-corrected chi connectivity index (χ0v) is 14.1. The molecule has 0 aliphatic carbocycles. The van der Waals surface area contributed by atoms with Crippen LogP contribution in [-0.2, 0) is 4.79 Å². The molecule has 0 aromatic heterocycles. The molecular formula is C16H35N3O2. The van der Waals surface area contributed by atoms with Crippen LogP contribution >= 0.6 is 0 Å². The topological polar surface area (TPSA) is 101 Å². The van der Waals surface area contributed by atoms with Crippen LogP contribution in [0.4, 0.5) is 0 Å².